The van der Waals surface area contributed by atoms with E-state index in [0.717, 1.165) is 5.56 Å². The van der Waals surface area contributed by atoms with Gasteiger partial charge in [-0.1, -0.05) is 72.3 Å². The van der Waals surface area contributed by atoms with Crippen molar-refractivity contribution in [2.24, 2.45) is 0 Å². The summed E-state index contributed by atoms with van der Waals surface area (Å²) in [5.41, 5.74) is 4.90. The number of benzene rings is 6. The van der Waals surface area contributed by atoms with Crippen LogP contribution >= 0.6 is 0 Å². The van der Waals surface area contributed by atoms with Crippen molar-refractivity contribution in [3.05, 3.63) is 196 Å². The van der Waals surface area contributed by atoms with Crippen molar-refractivity contribution in [2.75, 3.05) is 7.11 Å². The zero-order valence-electron chi connectivity index (χ0n) is 26.3. The summed E-state index contributed by atoms with van der Waals surface area (Å²) < 4.78 is 11.1. The molecule has 0 heterocycles. The first kappa shape index (κ1) is 31.6. The van der Waals surface area contributed by atoms with Gasteiger partial charge in [0.25, 0.3) is 0 Å². The van der Waals surface area contributed by atoms with E-state index in [2.05, 4.69) is 0 Å². The van der Waals surface area contributed by atoms with Crippen LogP contribution in [0.15, 0.2) is 146 Å². The van der Waals surface area contributed by atoms with Gasteiger partial charge in [0.15, 0.2) is 23.1 Å². The summed E-state index contributed by atoms with van der Waals surface area (Å²) >= 11 is 0. The fourth-order valence-electron chi connectivity index (χ4n) is 5.17. The second-order valence-corrected chi connectivity index (χ2v) is 11.2. The van der Waals surface area contributed by atoms with E-state index in [1.165, 1.54) is 0 Å². The summed E-state index contributed by atoms with van der Waals surface area (Å²) in [5.74, 6) is 1.03. The Bertz CT molecular complexity index is 2110. The van der Waals surface area contributed by atoms with Crippen LogP contribution in [-0.4, -0.2) is 30.2 Å². The van der Waals surface area contributed by atoms with Crippen LogP contribution in [0, 0.1) is 6.92 Å². The largest absolute Gasteiger partial charge is 0.497 e. The predicted octanol–water partition coefficient (Wildman–Crippen LogP) is 8.72. The Morgan fingerprint density at radius 1 is 0.375 bits per heavy atom. The second-order valence-electron chi connectivity index (χ2n) is 11.2. The van der Waals surface area contributed by atoms with Gasteiger partial charge in [0.2, 0.25) is 0 Å². The molecule has 0 amide bonds. The molecule has 0 aromatic heterocycles. The van der Waals surface area contributed by atoms with Crippen LogP contribution in [0.1, 0.15) is 69.2 Å². The molecule has 0 unspecified atom stereocenters. The quantitative estimate of drug-likeness (QED) is 0.133. The molecule has 0 aliphatic carbocycles. The predicted molar refractivity (Wildman–Crippen MR) is 184 cm³/mol. The molecule has 0 saturated carbocycles. The van der Waals surface area contributed by atoms with Crippen LogP contribution in [0.4, 0.5) is 0 Å². The van der Waals surface area contributed by atoms with Crippen LogP contribution in [-0.2, 0) is 0 Å². The molecule has 6 rings (SSSR count). The maximum Gasteiger partial charge on any atom is 0.193 e. The molecular formula is C42H30O6. The number of rotatable bonds is 11. The summed E-state index contributed by atoms with van der Waals surface area (Å²) in [6.45, 7) is 1.96. The molecule has 48 heavy (non-hydrogen) atoms. The highest BCUT2D eigenvalue weighted by atomic mass is 16.5. The number of aryl methyl sites for hydroxylation is 1. The van der Waals surface area contributed by atoms with E-state index >= 15 is 0 Å². The van der Waals surface area contributed by atoms with Crippen molar-refractivity contribution in [2.45, 2.75) is 6.92 Å². The van der Waals surface area contributed by atoms with Gasteiger partial charge in [-0.3, -0.25) is 19.2 Å². The highest BCUT2D eigenvalue weighted by Gasteiger charge is 2.16. The Kier molecular flexibility index (Phi) is 9.17. The number of carbonyl (C=O) groups excluding carboxylic acids is 4. The molecule has 6 aromatic rings. The molecule has 6 heteroatoms. The highest BCUT2D eigenvalue weighted by molar-refractivity contribution is 6.13. The Balaban J connectivity index is 1.07. The molecule has 234 valence electrons. The van der Waals surface area contributed by atoms with Crippen LogP contribution in [0.2, 0.25) is 0 Å². The van der Waals surface area contributed by atoms with E-state index in [-0.39, 0.29) is 23.1 Å². The Labute approximate surface area is 278 Å². The SMILES string of the molecule is COc1ccc(C(=O)c2ccc(C(=O)c3ccc(Oc4ccc(C(=O)c5cccc(C(=O)c6ccc(C)cc6)c5)cc4)cc3)cc2)cc1. The average molecular weight is 631 g/mol. The molecule has 0 aliphatic rings. The molecule has 0 fully saturated rings. The minimum absolute atomic E-state index is 0.142. The minimum Gasteiger partial charge on any atom is -0.497 e. The first-order valence-electron chi connectivity index (χ1n) is 15.3. The van der Waals surface area contributed by atoms with E-state index in [9.17, 15) is 19.2 Å². The van der Waals surface area contributed by atoms with Crippen LogP contribution in [0.3, 0.4) is 0 Å². The second kappa shape index (κ2) is 13.9. The van der Waals surface area contributed by atoms with Crippen LogP contribution < -0.4 is 9.47 Å². The third-order valence-corrected chi connectivity index (χ3v) is 7.93. The molecule has 6 aromatic carbocycles. The van der Waals surface area contributed by atoms with Gasteiger partial charge in [-0.25, -0.2) is 0 Å². The Morgan fingerprint density at radius 2 is 0.667 bits per heavy atom. The molecule has 0 spiro atoms. The van der Waals surface area contributed by atoms with Gasteiger partial charge in [-0.15, -0.1) is 0 Å². The minimum atomic E-state index is -0.207. The molecule has 6 nitrogen and oxygen atoms in total. The number of hydrogen-bond donors (Lipinski definition) is 0. The van der Waals surface area contributed by atoms with Gasteiger partial charge in [-0.05, 0) is 85.8 Å². The van der Waals surface area contributed by atoms with E-state index in [0.29, 0.717) is 61.8 Å². The monoisotopic (exact) mass is 630 g/mol. The molecule has 0 saturated heterocycles. The molecular weight excluding hydrogens is 600 g/mol. The lowest BCUT2D eigenvalue weighted by Crippen LogP contribution is -2.06. The number of ketones is 4. The third kappa shape index (κ3) is 7.03. The van der Waals surface area contributed by atoms with Gasteiger partial charge in [0, 0.05) is 44.5 Å². The molecule has 0 atom stereocenters. The number of methoxy groups -OCH3 is 1. The topological polar surface area (TPSA) is 86.7 Å². The molecule has 0 N–H and O–H groups in total. The van der Waals surface area contributed by atoms with E-state index in [1.54, 1.807) is 141 Å². The smallest absolute Gasteiger partial charge is 0.193 e. The van der Waals surface area contributed by atoms with Gasteiger partial charge in [0.05, 0.1) is 7.11 Å². The summed E-state index contributed by atoms with van der Waals surface area (Å²) in [4.78, 5) is 52.1. The fourth-order valence-corrected chi connectivity index (χ4v) is 5.17. The van der Waals surface area contributed by atoms with Crippen molar-refractivity contribution in [3.8, 4) is 17.2 Å². The zero-order valence-corrected chi connectivity index (χ0v) is 26.3. The lowest BCUT2D eigenvalue weighted by Gasteiger charge is -2.09. The lowest BCUT2D eigenvalue weighted by molar-refractivity contribution is 0.102. The van der Waals surface area contributed by atoms with Crippen molar-refractivity contribution >= 4 is 23.1 Å². The molecule has 0 radical (unpaired) electrons. The van der Waals surface area contributed by atoms with Crippen LogP contribution in [0.25, 0.3) is 0 Å². The fraction of sp³-hybridized carbons (Fsp3) is 0.0476. The summed E-state index contributed by atoms with van der Waals surface area (Å²) in [7, 11) is 1.57. The maximum absolute atomic E-state index is 13.2. The van der Waals surface area contributed by atoms with Crippen molar-refractivity contribution < 1.29 is 28.7 Å². The highest BCUT2D eigenvalue weighted by Crippen LogP contribution is 2.25. The number of carbonyl (C=O) groups is 4. The third-order valence-electron chi connectivity index (χ3n) is 7.93. The Hall–Kier alpha value is -6.40. The van der Waals surface area contributed by atoms with Gasteiger partial charge < -0.3 is 9.47 Å². The molecule has 0 bridgehead atoms. The average Bonchev–Trinajstić information content (AvgIpc) is 3.15. The van der Waals surface area contributed by atoms with Gasteiger partial charge in [0.1, 0.15) is 17.2 Å². The van der Waals surface area contributed by atoms with Crippen LogP contribution in [0.5, 0.6) is 17.2 Å². The van der Waals surface area contributed by atoms with E-state index in [4.69, 9.17) is 9.47 Å². The maximum atomic E-state index is 13.2. The van der Waals surface area contributed by atoms with Crippen molar-refractivity contribution in [1.29, 1.82) is 0 Å². The zero-order chi connectivity index (χ0) is 33.6. The van der Waals surface area contributed by atoms with E-state index < -0.39 is 0 Å². The molecule has 0 aliphatic heterocycles. The lowest BCUT2D eigenvalue weighted by atomic mass is 9.97. The summed E-state index contributed by atoms with van der Waals surface area (Å²) in [6, 6.07) is 41.0. The summed E-state index contributed by atoms with van der Waals surface area (Å²) in [6.07, 6.45) is 0. The first-order valence-corrected chi connectivity index (χ1v) is 15.3. The first-order chi connectivity index (χ1) is 23.3. The van der Waals surface area contributed by atoms with E-state index in [1.807, 2.05) is 19.1 Å². The Morgan fingerprint density at radius 3 is 1.02 bits per heavy atom. The van der Waals surface area contributed by atoms with Crippen molar-refractivity contribution in [3.63, 3.8) is 0 Å². The normalized spacial score (nSPS) is 10.6. The number of ether oxygens (including phenoxy) is 2. The summed E-state index contributed by atoms with van der Waals surface area (Å²) in [5, 5.41) is 0. The number of hydrogen-bond acceptors (Lipinski definition) is 6. The van der Waals surface area contributed by atoms with Crippen molar-refractivity contribution in [1.82, 2.24) is 0 Å². The standard InChI is InChI=1S/C42H30O6/c1-27-6-8-28(9-7-27)41(45)34-4-3-5-35(26-34)42(46)33-18-24-38(25-19-33)48-37-22-16-32(17-23-37)40(44)30-12-10-29(11-13-30)39(43)31-14-20-36(47-2)21-15-31/h3-26H,1-2H3. The van der Waals surface area contributed by atoms with Gasteiger partial charge >= 0.3 is 0 Å². The van der Waals surface area contributed by atoms with Gasteiger partial charge in [-0.2, -0.15) is 0 Å².